The van der Waals surface area contributed by atoms with Crippen LogP contribution in [0.3, 0.4) is 0 Å². The van der Waals surface area contributed by atoms with Gasteiger partial charge >= 0.3 is 98.9 Å². The maximum absolute atomic E-state index is 3.38. The molecule has 0 aromatic rings. The van der Waals surface area contributed by atoms with Gasteiger partial charge < -0.3 is 0 Å². The number of nitrogens with zero attached hydrogens (tertiary/aromatic N) is 2. The number of hydrazine groups is 1. The van der Waals surface area contributed by atoms with Crippen molar-refractivity contribution in [3.8, 4) is 0 Å². The van der Waals surface area contributed by atoms with E-state index in [9.17, 15) is 0 Å². The molecular weight excluding hydrogens is 392 g/mol. The number of hydrogen-bond acceptors (Lipinski definition) is 3. The molecule has 1 aliphatic rings. The molecule has 0 bridgehead atoms. The molecule has 1 saturated heterocycles. The van der Waals surface area contributed by atoms with Crippen LogP contribution in [0, 0.1) is 0 Å². The monoisotopic (exact) mass is 411 g/mol. The van der Waals surface area contributed by atoms with Gasteiger partial charge in [-0.1, -0.05) is 0 Å². The third kappa shape index (κ3) is 5.10. The van der Waals surface area contributed by atoms with Gasteiger partial charge in [-0.25, -0.2) is 0 Å². The Morgan fingerprint density at radius 2 is 1.92 bits per heavy atom. The second-order valence-electron chi connectivity index (χ2n) is 3.25. The molecule has 0 aromatic heterocycles. The summed E-state index contributed by atoms with van der Waals surface area (Å²) in [5.41, 5.74) is 3.38. The molecule has 1 aliphatic heterocycles. The Morgan fingerprint density at radius 1 is 1.31 bits per heavy atom. The Kier molecular flexibility index (Phi) is 6.45. The zero-order chi connectivity index (χ0) is 9.68. The van der Waals surface area contributed by atoms with Gasteiger partial charge in [-0.2, -0.15) is 0 Å². The normalized spacial score (nSPS) is 21.9. The van der Waals surface area contributed by atoms with E-state index in [1.807, 2.05) is 0 Å². The average molecular weight is 411 g/mol. The van der Waals surface area contributed by atoms with Gasteiger partial charge in [0.25, 0.3) is 0 Å². The van der Waals surface area contributed by atoms with Crippen molar-refractivity contribution in [3.63, 3.8) is 0 Å². The van der Waals surface area contributed by atoms with Crippen molar-refractivity contribution in [1.29, 1.82) is 0 Å². The molecule has 0 radical (unpaired) electrons. The van der Waals surface area contributed by atoms with Crippen LogP contribution in [-0.2, 0) is 0 Å². The number of alkyl halides is 2. The molecule has 5 heteroatoms. The van der Waals surface area contributed by atoms with Gasteiger partial charge in [0.05, 0.1) is 0 Å². The summed E-state index contributed by atoms with van der Waals surface area (Å²) in [7, 11) is 0. The van der Waals surface area contributed by atoms with E-state index >= 15 is 0 Å². The average Bonchev–Trinajstić information content (AvgIpc) is 2.08. The standard InChI is InChI=1S/C8H19I2N3/c1-3-11-13-6-4-12(5-7-13)8-10(2)9/h11H,3-8H2,1-2H3. The van der Waals surface area contributed by atoms with Gasteiger partial charge in [-0.05, 0) is 0 Å². The molecule has 1 heterocycles. The van der Waals surface area contributed by atoms with Crippen LogP contribution < -0.4 is 5.43 Å². The molecule has 0 aliphatic carbocycles. The Hall–Kier alpha value is 1.34. The molecule has 0 spiro atoms. The van der Waals surface area contributed by atoms with Crippen LogP contribution in [0.5, 0.6) is 0 Å². The number of rotatable bonds is 4. The Balaban J connectivity index is 2.15. The molecule has 0 saturated carbocycles. The summed E-state index contributed by atoms with van der Waals surface area (Å²) >= 11 is 2.08. The van der Waals surface area contributed by atoms with Crippen LogP contribution in [0.15, 0.2) is 0 Å². The fourth-order valence-corrected chi connectivity index (χ4v) is 5.94. The summed E-state index contributed by atoms with van der Waals surface area (Å²) in [6, 6.07) is 0. The van der Waals surface area contributed by atoms with Crippen molar-refractivity contribution < 1.29 is 0 Å². The molecule has 80 valence electrons. The van der Waals surface area contributed by atoms with E-state index in [2.05, 4.69) is 45.8 Å². The minimum absolute atomic E-state index is 0.576. The molecule has 0 aromatic carbocycles. The van der Waals surface area contributed by atoms with Crippen LogP contribution in [0.4, 0.5) is 0 Å². The maximum atomic E-state index is 3.38. The fourth-order valence-electron chi connectivity index (χ4n) is 1.48. The van der Waals surface area contributed by atoms with Gasteiger partial charge in [0, 0.05) is 0 Å². The van der Waals surface area contributed by atoms with Crippen LogP contribution >= 0.6 is 34.5 Å². The molecule has 3 nitrogen and oxygen atoms in total. The van der Waals surface area contributed by atoms with E-state index in [0.717, 1.165) is 6.54 Å². The van der Waals surface area contributed by atoms with Crippen LogP contribution in [0.2, 0.25) is 0 Å². The van der Waals surface area contributed by atoms with E-state index in [-0.39, 0.29) is 0 Å². The first-order valence-electron chi connectivity index (χ1n) is 4.65. The number of hydrogen-bond donors (Lipinski definition) is 1. The summed E-state index contributed by atoms with van der Waals surface area (Å²) in [4.78, 5) is 5.05. The topological polar surface area (TPSA) is 18.5 Å². The summed E-state index contributed by atoms with van der Waals surface area (Å²) in [5.74, 6) is 0. The van der Waals surface area contributed by atoms with Crippen LogP contribution in [-0.4, -0.2) is 52.1 Å². The molecule has 1 rings (SSSR count). The van der Waals surface area contributed by atoms with Gasteiger partial charge in [-0.15, -0.1) is 0 Å². The number of piperazine rings is 1. The van der Waals surface area contributed by atoms with Crippen molar-refractivity contribution in [2.45, 2.75) is 6.92 Å². The van der Waals surface area contributed by atoms with Crippen molar-refractivity contribution >= 4 is 34.5 Å². The molecular formula is C8H19I2N3. The van der Waals surface area contributed by atoms with Crippen molar-refractivity contribution in [1.82, 2.24) is 15.3 Å². The van der Waals surface area contributed by atoms with Gasteiger partial charge in [0.1, 0.15) is 0 Å². The van der Waals surface area contributed by atoms with Crippen molar-refractivity contribution in [3.05, 3.63) is 0 Å². The van der Waals surface area contributed by atoms with E-state index < -0.39 is 15.8 Å². The predicted octanol–water partition coefficient (Wildman–Crippen LogP) is 1.57. The quantitative estimate of drug-likeness (QED) is 0.431. The molecule has 0 amide bonds. The molecule has 13 heavy (non-hydrogen) atoms. The number of halogens is 2. The Morgan fingerprint density at radius 3 is 2.38 bits per heavy atom. The second kappa shape index (κ2) is 6.76. The van der Waals surface area contributed by atoms with Crippen molar-refractivity contribution in [2.75, 3.05) is 42.2 Å². The van der Waals surface area contributed by atoms with Gasteiger partial charge in [0.15, 0.2) is 0 Å². The van der Waals surface area contributed by atoms with E-state index in [0.29, 0.717) is 0 Å². The van der Waals surface area contributed by atoms with E-state index in [1.54, 1.807) is 0 Å². The third-order valence-electron chi connectivity index (χ3n) is 2.09. The molecule has 0 unspecified atom stereocenters. The zero-order valence-electron chi connectivity index (χ0n) is 8.39. The first-order chi connectivity index (χ1) is 6.22. The van der Waals surface area contributed by atoms with Crippen LogP contribution in [0.25, 0.3) is 0 Å². The zero-order valence-corrected chi connectivity index (χ0v) is 12.7. The third-order valence-corrected chi connectivity index (χ3v) is 5.72. The first-order valence-corrected chi connectivity index (χ1v) is 14.6. The first kappa shape index (κ1) is 12.4. The summed E-state index contributed by atoms with van der Waals surface area (Å²) in [5, 5.41) is 2.35. The fraction of sp³-hybridized carbons (Fsp3) is 1.00. The van der Waals surface area contributed by atoms with Gasteiger partial charge in [0.2, 0.25) is 0 Å². The molecule has 0 atom stereocenters. The number of nitrogens with one attached hydrogen (secondary N) is 1. The summed E-state index contributed by atoms with van der Waals surface area (Å²) in [6.45, 7) is 8.09. The minimum atomic E-state index is -0.576. The second-order valence-corrected chi connectivity index (χ2v) is 16.2. The Labute approximate surface area is 98.1 Å². The van der Waals surface area contributed by atoms with Crippen molar-refractivity contribution in [2.24, 2.45) is 0 Å². The summed E-state index contributed by atoms with van der Waals surface area (Å²) < 4.78 is 1.39. The van der Waals surface area contributed by atoms with Crippen LogP contribution in [0.1, 0.15) is 6.92 Å². The SMILES string of the molecule is CCNN1CCN(CI(C)I)CC1. The van der Waals surface area contributed by atoms with Gasteiger partial charge in [-0.3, -0.25) is 0 Å². The van der Waals surface area contributed by atoms with E-state index in [1.165, 1.54) is 30.7 Å². The summed E-state index contributed by atoms with van der Waals surface area (Å²) in [6.07, 6.45) is 0. The molecule has 1 fully saturated rings. The predicted molar refractivity (Wildman–Crippen MR) is 75.7 cm³/mol. The Bertz CT molecular complexity index is 135. The van der Waals surface area contributed by atoms with E-state index in [4.69, 9.17) is 0 Å². The molecule has 1 N–H and O–H groups in total.